The molecule has 0 saturated heterocycles. The second-order valence-electron chi connectivity index (χ2n) is 7.32. The molecular weight excluding hydrogens is 525 g/mol. The van der Waals surface area contributed by atoms with E-state index in [0.717, 1.165) is 0 Å². The molecule has 3 aromatic rings. The van der Waals surface area contributed by atoms with E-state index in [9.17, 15) is 43.9 Å². The minimum absolute atomic E-state index is 0.163. The Labute approximate surface area is 198 Å². The molecular formula is C23H15F10N2P. The summed E-state index contributed by atoms with van der Waals surface area (Å²) in [6, 6.07) is 21.8. The lowest BCUT2D eigenvalue weighted by Gasteiger charge is -2.29. The van der Waals surface area contributed by atoms with E-state index in [2.05, 4.69) is 9.96 Å². The number of alkyl halides is 10. The van der Waals surface area contributed by atoms with Crippen molar-refractivity contribution in [3.05, 3.63) is 91.0 Å². The fourth-order valence-corrected chi connectivity index (χ4v) is 6.48. The molecule has 3 aromatic carbocycles. The van der Waals surface area contributed by atoms with Crippen molar-refractivity contribution in [1.82, 2.24) is 0 Å². The van der Waals surface area contributed by atoms with Gasteiger partial charge in [0.25, 0.3) is 0 Å². The quantitative estimate of drug-likeness (QED) is 0.141. The molecule has 0 aliphatic heterocycles. The fourth-order valence-electron chi connectivity index (χ4n) is 3.24. The molecule has 0 amide bonds. The maximum absolute atomic E-state index is 14.1. The van der Waals surface area contributed by atoms with Gasteiger partial charge >= 0.3 is 24.2 Å². The number of nitrogens with zero attached hydrogens (tertiary/aromatic N) is 2. The Morgan fingerprint density at radius 3 is 1.00 bits per heavy atom. The molecule has 3 rings (SSSR count). The minimum atomic E-state index is -6.80. The van der Waals surface area contributed by atoms with Crippen molar-refractivity contribution in [2.24, 2.45) is 9.96 Å². The highest BCUT2D eigenvalue weighted by molar-refractivity contribution is 7.87. The van der Waals surface area contributed by atoms with E-state index in [1.807, 2.05) is 0 Å². The van der Waals surface area contributed by atoms with Gasteiger partial charge in [-0.2, -0.15) is 48.8 Å². The molecule has 0 spiro atoms. The first-order chi connectivity index (χ1) is 16.7. The summed E-state index contributed by atoms with van der Waals surface area (Å²) in [4.78, 5) is 3.56. The number of rotatable bonds is 6. The second kappa shape index (κ2) is 9.72. The predicted octanol–water partition coefficient (Wildman–Crippen LogP) is 6.92. The Bertz CT molecular complexity index is 1120. The van der Waals surface area contributed by atoms with Crippen LogP contribution >= 0.6 is 7.05 Å². The zero-order valence-electron chi connectivity index (χ0n) is 17.8. The number of halogens is 10. The zero-order valence-corrected chi connectivity index (χ0v) is 18.7. The van der Waals surface area contributed by atoms with Crippen LogP contribution < -0.4 is 15.9 Å². The van der Waals surface area contributed by atoms with E-state index in [-0.39, 0.29) is 15.9 Å². The molecule has 0 aromatic heterocycles. The van der Waals surface area contributed by atoms with Gasteiger partial charge in [0.15, 0.2) is 5.71 Å². The van der Waals surface area contributed by atoms with Crippen molar-refractivity contribution in [3.8, 4) is 0 Å². The number of benzene rings is 3. The van der Waals surface area contributed by atoms with Crippen LogP contribution in [-0.2, 0) is 0 Å². The van der Waals surface area contributed by atoms with Crippen LogP contribution in [0.5, 0.6) is 0 Å². The maximum atomic E-state index is 14.1. The van der Waals surface area contributed by atoms with Gasteiger partial charge in [-0.3, -0.25) is 0 Å². The first kappa shape index (κ1) is 27.4. The topological polar surface area (TPSA) is 24.7 Å². The van der Waals surface area contributed by atoms with E-state index in [0.29, 0.717) is 0 Å². The summed E-state index contributed by atoms with van der Waals surface area (Å²) >= 11 is 0. The monoisotopic (exact) mass is 540 g/mol. The predicted molar refractivity (Wildman–Crippen MR) is 117 cm³/mol. The van der Waals surface area contributed by atoms with E-state index in [4.69, 9.17) is 0 Å². The molecule has 0 atom stereocenters. The first-order valence-electron chi connectivity index (χ1n) is 9.92. The van der Waals surface area contributed by atoms with E-state index in [1.54, 1.807) is 18.2 Å². The summed E-state index contributed by atoms with van der Waals surface area (Å²) < 4.78 is 135. The summed E-state index contributed by atoms with van der Waals surface area (Å²) in [6.45, 7) is 0. The maximum Gasteiger partial charge on any atom is 0.459 e. The largest absolute Gasteiger partial charge is 0.459 e. The van der Waals surface area contributed by atoms with E-state index >= 15 is 0 Å². The molecule has 2 nitrogen and oxygen atoms in total. The van der Waals surface area contributed by atoms with Gasteiger partial charge in [-0.25, -0.2) is 0 Å². The Kier molecular flexibility index (Phi) is 7.41. The highest BCUT2D eigenvalue weighted by atomic mass is 31.2. The number of hydrogen-bond acceptors (Lipinski definition) is 1. The summed E-state index contributed by atoms with van der Waals surface area (Å²) in [5, 5.41) is 2.94. The molecule has 0 unspecified atom stereocenters. The van der Waals surface area contributed by atoms with E-state index < -0.39 is 37.0 Å². The molecule has 192 valence electrons. The van der Waals surface area contributed by atoms with Crippen molar-refractivity contribution >= 4 is 28.7 Å². The summed E-state index contributed by atoms with van der Waals surface area (Å²) in [5.74, 6) is -13.3. The lowest BCUT2D eigenvalue weighted by atomic mass is 10.1. The molecule has 0 saturated carbocycles. The summed E-state index contributed by atoms with van der Waals surface area (Å²) in [6.07, 6.45) is -13.6. The molecule has 0 bridgehead atoms. The Hall–Kier alpha value is -3.14. The van der Waals surface area contributed by atoms with Gasteiger partial charge < -0.3 is 0 Å². The van der Waals surface area contributed by atoms with Crippen molar-refractivity contribution in [2.45, 2.75) is 24.2 Å². The minimum Gasteiger partial charge on any atom is -0.189 e. The summed E-state index contributed by atoms with van der Waals surface area (Å²) in [5.41, 5.74) is -3.76. The van der Waals surface area contributed by atoms with Crippen LogP contribution in [0.2, 0.25) is 0 Å². The highest BCUT2D eigenvalue weighted by Gasteiger charge is 2.74. The summed E-state index contributed by atoms with van der Waals surface area (Å²) in [7, 11) is -3.81. The zero-order chi connectivity index (χ0) is 26.8. The average molecular weight is 540 g/mol. The second-order valence-corrected chi connectivity index (χ2v) is 10.3. The molecule has 0 fully saturated rings. The molecule has 0 N–H and O–H groups in total. The molecule has 36 heavy (non-hydrogen) atoms. The van der Waals surface area contributed by atoms with Crippen molar-refractivity contribution < 1.29 is 43.9 Å². The van der Waals surface area contributed by atoms with Gasteiger partial charge in [0.05, 0.1) is 7.05 Å². The normalized spacial score (nSPS) is 13.3. The van der Waals surface area contributed by atoms with Gasteiger partial charge in [-0.1, -0.05) is 91.0 Å². The van der Waals surface area contributed by atoms with Crippen LogP contribution in [0.25, 0.3) is 0 Å². The third kappa shape index (κ3) is 4.91. The van der Waals surface area contributed by atoms with Crippen LogP contribution in [0.4, 0.5) is 43.9 Å². The van der Waals surface area contributed by atoms with Crippen LogP contribution in [0.15, 0.2) is 101 Å². The van der Waals surface area contributed by atoms with Crippen LogP contribution in [0, 0.1) is 0 Å². The molecule has 0 aliphatic rings. The average Bonchev–Trinajstić information content (AvgIpc) is 2.82. The van der Waals surface area contributed by atoms with Gasteiger partial charge in [0, 0.05) is 15.9 Å². The van der Waals surface area contributed by atoms with Gasteiger partial charge in [0.1, 0.15) is 0 Å². The molecule has 13 heteroatoms. The van der Waals surface area contributed by atoms with Crippen LogP contribution in [0.3, 0.4) is 0 Å². The lowest BCUT2D eigenvalue weighted by Crippen LogP contribution is -2.57. The van der Waals surface area contributed by atoms with Gasteiger partial charge in [0.2, 0.25) is 0 Å². The fraction of sp³-hybridized carbons (Fsp3) is 0.174. The smallest absolute Gasteiger partial charge is 0.189 e. The van der Waals surface area contributed by atoms with Crippen LogP contribution in [-0.4, -0.2) is 29.9 Å². The Balaban J connectivity index is 2.54. The van der Waals surface area contributed by atoms with Crippen LogP contribution in [0.1, 0.15) is 0 Å². The first-order valence-corrected chi connectivity index (χ1v) is 11.7. The Morgan fingerprint density at radius 2 is 0.750 bits per heavy atom. The lowest BCUT2D eigenvalue weighted by molar-refractivity contribution is -0.279. The van der Waals surface area contributed by atoms with Crippen molar-refractivity contribution in [2.75, 3.05) is 0 Å². The van der Waals surface area contributed by atoms with Gasteiger partial charge in [-0.05, 0) is 0 Å². The molecule has 0 heterocycles. The Morgan fingerprint density at radius 1 is 0.472 bits per heavy atom. The third-order valence-electron chi connectivity index (χ3n) is 4.98. The number of hydrogen-bond donors (Lipinski definition) is 0. The van der Waals surface area contributed by atoms with Crippen molar-refractivity contribution in [1.29, 1.82) is 0 Å². The van der Waals surface area contributed by atoms with Gasteiger partial charge in [-0.15, -0.1) is 5.10 Å². The van der Waals surface area contributed by atoms with E-state index in [1.165, 1.54) is 72.8 Å². The molecule has 0 aliphatic carbocycles. The third-order valence-corrected chi connectivity index (χ3v) is 8.47. The highest BCUT2D eigenvalue weighted by Crippen LogP contribution is 2.50. The SMILES string of the molecule is FC(F)(F)C(F)(F)C(=NN=P(c1ccccc1)(c1ccccc1)c1ccccc1)C(F)(F)C(F)(F)F. The van der Waals surface area contributed by atoms with Crippen molar-refractivity contribution in [3.63, 3.8) is 0 Å². The molecule has 0 radical (unpaired) electrons. The standard InChI is InChI=1S/C23H15F10N2P/c24-20(25,22(28,29)30)19(21(26,27)23(31,32)33)34-35-36(16-10-4-1-5-11-16,17-12-6-2-7-13-17)18-14-8-3-9-15-18/h1-15H.